The van der Waals surface area contributed by atoms with E-state index in [0.29, 0.717) is 31.2 Å². The van der Waals surface area contributed by atoms with Gasteiger partial charge in [0.25, 0.3) is 0 Å². The van der Waals surface area contributed by atoms with Crippen molar-refractivity contribution in [1.29, 1.82) is 0 Å². The van der Waals surface area contributed by atoms with Gasteiger partial charge in [0.15, 0.2) is 12.2 Å². The summed E-state index contributed by atoms with van der Waals surface area (Å²) < 4.78 is 76.7. The lowest BCUT2D eigenvalue weighted by atomic mass is 10.1. The monoisotopic (exact) mass is 1360 g/mol. The number of phosphoric acid groups is 2. The number of rotatable bonds is 69. The predicted molar refractivity (Wildman–Crippen MR) is 375 cm³/mol. The average molecular weight is 1370 g/mol. The molecule has 0 saturated heterocycles. The van der Waals surface area contributed by atoms with Crippen molar-refractivity contribution in [2.75, 3.05) is 39.6 Å². The summed E-state index contributed by atoms with van der Waals surface area (Å²) in [5, 5.41) is 0. The van der Waals surface area contributed by atoms with Gasteiger partial charge < -0.3 is 45.8 Å². The van der Waals surface area contributed by atoms with Crippen molar-refractivity contribution in [2.24, 2.45) is 0 Å². The van der Waals surface area contributed by atoms with Gasteiger partial charge in [-0.3, -0.25) is 37.3 Å². The van der Waals surface area contributed by atoms with E-state index in [1.54, 1.807) is 24.3 Å². The van der Waals surface area contributed by atoms with Crippen LogP contribution in [0.4, 0.5) is 0 Å². The van der Waals surface area contributed by atoms with E-state index >= 15 is 0 Å². The minimum absolute atomic E-state index is 0. The molecule has 4 unspecified atom stereocenters. The molecule has 19 nitrogen and oxygen atoms in total. The molecule has 1 rings (SSSR count). The number of esters is 4. The fourth-order valence-electron chi connectivity index (χ4n) is 10.7. The fraction of sp³-hybridized carbons (Fsp3) is 0.861. The van der Waals surface area contributed by atoms with Gasteiger partial charge in [-0.15, -0.1) is 0 Å². The molecule has 0 bridgehead atoms. The normalized spacial score (nSPS) is 13.6. The fourth-order valence-corrected chi connectivity index (χ4v) is 12.3. The maximum Gasteiger partial charge on any atom is 0.472 e. The van der Waals surface area contributed by atoms with Crippen molar-refractivity contribution in [2.45, 2.75) is 361 Å². The summed E-state index contributed by atoms with van der Waals surface area (Å²) >= 11 is 0. The number of unbranched alkanes of at least 4 members (excludes halogenated alkanes) is 40. The highest BCUT2D eigenvalue weighted by atomic mass is 31.2. The Morgan fingerprint density at radius 3 is 0.806 bits per heavy atom. The van der Waals surface area contributed by atoms with Gasteiger partial charge in [0.1, 0.15) is 19.3 Å². The number of benzene rings is 1. The maximum atomic E-state index is 13.5. The van der Waals surface area contributed by atoms with Crippen molar-refractivity contribution >= 4 is 39.5 Å². The lowest BCUT2D eigenvalue weighted by Gasteiger charge is -2.23. The molecular weight excluding hydrogens is 1230 g/mol. The molecule has 8 N–H and O–H groups in total. The Kier molecular flexibility index (Phi) is 65.9. The van der Waals surface area contributed by atoms with Crippen molar-refractivity contribution in [1.82, 2.24) is 12.3 Å². The van der Waals surface area contributed by atoms with Gasteiger partial charge in [-0.2, -0.15) is 0 Å². The summed E-state index contributed by atoms with van der Waals surface area (Å²) in [6, 6.07) is 8.97. The van der Waals surface area contributed by atoms with Gasteiger partial charge in [-0.25, -0.2) is 9.13 Å². The van der Waals surface area contributed by atoms with Gasteiger partial charge in [0, 0.05) is 25.7 Å². The van der Waals surface area contributed by atoms with Crippen LogP contribution < -0.4 is 12.3 Å². The van der Waals surface area contributed by atoms with Crippen LogP contribution in [-0.4, -0.2) is 91.6 Å². The minimum atomic E-state index is -4.96. The molecule has 0 saturated carbocycles. The van der Waals surface area contributed by atoms with Gasteiger partial charge in [0.05, 0.1) is 33.0 Å². The smallest absolute Gasteiger partial charge is 0.462 e. The molecule has 1 aromatic rings. The van der Waals surface area contributed by atoms with E-state index in [2.05, 4.69) is 27.7 Å². The summed E-state index contributed by atoms with van der Waals surface area (Å²) in [6.45, 7) is 5.38. The molecule has 4 atom stereocenters. The molecule has 548 valence electrons. The summed E-state index contributed by atoms with van der Waals surface area (Å²) in [7, 11) is -9.92. The van der Waals surface area contributed by atoms with E-state index in [9.17, 15) is 38.1 Å². The van der Waals surface area contributed by atoms with Crippen molar-refractivity contribution in [3.63, 3.8) is 0 Å². The second-order valence-corrected chi connectivity index (χ2v) is 28.2. The third-order valence-corrected chi connectivity index (χ3v) is 18.3. The van der Waals surface area contributed by atoms with E-state index in [0.717, 1.165) is 89.9 Å². The lowest BCUT2D eigenvalue weighted by Crippen LogP contribution is -2.30. The second-order valence-electron chi connectivity index (χ2n) is 25.3. The van der Waals surface area contributed by atoms with Crippen LogP contribution in [0.15, 0.2) is 30.3 Å². The first kappa shape index (κ1) is 92.3. The maximum absolute atomic E-state index is 13.5. The molecule has 1 aromatic carbocycles. The zero-order valence-corrected chi connectivity index (χ0v) is 61.1. The number of ether oxygens (including phenoxy) is 5. The molecule has 0 radical (unpaired) electrons. The van der Waals surface area contributed by atoms with Gasteiger partial charge in [-0.05, 0) is 31.2 Å². The number of phosphoric ester groups is 2. The second kappa shape index (κ2) is 66.4. The van der Waals surface area contributed by atoms with E-state index in [1.807, 2.05) is 6.07 Å². The molecule has 0 amide bonds. The molecule has 0 aliphatic rings. The van der Waals surface area contributed by atoms with Gasteiger partial charge in [-0.1, -0.05) is 315 Å². The molecular formula is C72H138N2O17P2. The van der Waals surface area contributed by atoms with Crippen molar-refractivity contribution < 1.29 is 79.9 Å². The largest absolute Gasteiger partial charge is 0.472 e. The van der Waals surface area contributed by atoms with Crippen LogP contribution in [0, 0.1) is 0 Å². The topological polar surface area (TPSA) is 296 Å². The average Bonchev–Trinajstić information content (AvgIpc) is 2.34. The third-order valence-electron chi connectivity index (χ3n) is 16.4. The Balaban J connectivity index is 0. The zero-order chi connectivity index (χ0) is 66.4. The standard InChI is InChI=1S/C72H132O17P2.2H3N/c1-5-9-13-17-21-25-29-33-37-41-48-54-69(73)82-59-67(88-71(75)56-50-43-39-35-31-27-23-19-15-11-7-3)63-86-90(77,78)84-61-66(81-58-65-52-46-45-47-53-65)62-85-91(79,80)87-64-68(89-72(76)57-51-44-40-36-32-28-24-20-16-12-8-4)60-83-70(74)55-49-42-38-34-30-26-22-18-14-10-6-2;;/h45-47,52-53,66-68H,5-44,48-51,54-64H2,1-4H3,(H,77,78)(H,79,80);2*1H3. The molecule has 0 aromatic heterocycles. The van der Waals surface area contributed by atoms with Crippen LogP contribution in [0.1, 0.15) is 341 Å². The van der Waals surface area contributed by atoms with Crippen molar-refractivity contribution in [3.05, 3.63) is 35.9 Å². The number of carbonyl (C=O) groups is 4. The van der Waals surface area contributed by atoms with Crippen LogP contribution in [0.3, 0.4) is 0 Å². The first-order chi connectivity index (χ1) is 44.2. The molecule has 93 heavy (non-hydrogen) atoms. The van der Waals surface area contributed by atoms with Crippen LogP contribution in [0.5, 0.6) is 0 Å². The van der Waals surface area contributed by atoms with Crippen molar-refractivity contribution in [3.8, 4) is 0 Å². The van der Waals surface area contributed by atoms with Gasteiger partial charge in [0.2, 0.25) is 0 Å². The number of hydrogen-bond acceptors (Lipinski definition) is 17. The highest BCUT2D eigenvalue weighted by Gasteiger charge is 2.31. The van der Waals surface area contributed by atoms with Gasteiger partial charge >= 0.3 is 39.5 Å². The molecule has 0 aliphatic carbocycles. The predicted octanol–water partition coefficient (Wildman–Crippen LogP) is 20.9. The molecule has 0 fully saturated rings. The Morgan fingerprint density at radius 1 is 0.323 bits per heavy atom. The Labute approximate surface area is 565 Å². The van der Waals surface area contributed by atoms with E-state index in [1.165, 1.54) is 167 Å². The van der Waals surface area contributed by atoms with Crippen LogP contribution in [-0.2, 0) is 76.7 Å². The third kappa shape index (κ3) is 62.5. The highest BCUT2D eigenvalue weighted by molar-refractivity contribution is 7.47. The van der Waals surface area contributed by atoms with Crippen LogP contribution in [0.25, 0.3) is 0 Å². The number of hydrogen-bond donors (Lipinski definition) is 4. The first-order valence-corrected chi connectivity index (χ1v) is 39.8. The van der Waals surface area contributed by atoms with E-state index in [-0.39, 0.29) is 44.6 Å². The van der Waals surface area contributed by atoms with E-state index in [4.69, 9.17) is 41.8 Å². The summed E-state index contributed by atoms with van der Waals surface area (Å²) in [5.74, 6) is -2.06. The SMILES string of the molecule is CCCCCCCCCCCCCC(=O)OCC(COP(=O)(O)OCC(COP(=O)(O)OCC(COC(=O)CCCCCCCCCCCCC)OC(=O)CCCCCCCCCCCCC)OCc1ccccc1)OC(=O)CCCCCCCCCCCCC.N.N. The minimum Gasteiger partial charge on any atom is -0.462 e. The molecule has 21 heteroatoms. The summed E-state index contributed by atoms with van der Waals surface area (Å²) in [4.78, 5) is 73.9. The zero-order valence-electron chi connectivity index (χ0n) is 59.3. The molecule has 0 aliphatic heterocycles. The Hall–Kier alpha value is -2.80. The summed E-state index contributed by atoms with van der Waals surface area (Å²) in [5.41, 5.74) is 0.714. The van der Waals surface area contributed by atoms with Crippen LogP contribution >= 0.6 is 15.6 Å². The Bertz CT molecular complexity index is 1840. The molecule has 0 spiro atoms. The first-order valence-electron chi connectivity index (χ1n) is 36.8. The Morgan fingerprint density at radius 2 is 0.548 bits per heavy atom. The quantitative estimate of drug-likeness (QED) is 0.0204. The highest BCUT2D eigenvalue weighted by Crippen LogP contribution is 2.46. The van der Waals surface area contributed by atoms with Crippen LogP contribution in [0.2, 0.25) is 0 Å². The summed E-state index contributed by atoms with van der Waals surface area (Å²) in [6.07, 6.45) is 46.2. The molecule has 0 heterocycles. The lowest BCUT2D eigenvalue weighted by molar-refractivity contribution is -0.161. The van der Waals surface area contributed by atoms with E-state index < -0.39 is 97.5 Å². The number of carbonyl (C=O) groups excluding carboxylic acids is 4.